The third-order valence-electron chi connectivity index (χ3n) is 2.63. The number of nitrogen functional groups attached to an aromatic ring is 1. The Morgan fingerprint density at radius 3 is 2.82 bits per heavy atom. The highest BCUT2D eigenvalue weighted by atomic mass is 32.2. The van der Waals surface area contributed by atoms with E-state index in [9.17, 15) is 9.00 Å². The molecule has 1 heterocycles. The van der Waals surface area contributed by atoms with E-state index < -0.39 is 10.8 Å². The van der Waals surface area contributed by atoms with E-state index in [1.165, 1.54) is 10.9 Å². The summed E-state index contributed by atoms with van der Waals surface area (Å²) in [5.41, 5.74) is 6.05. The smallest absolute Gasteiger partial charge is 0.256 e. The summed E-state index contributed by atoms with van der Waals surface area (Å²) in [5.74, 6) is 0.0966. The molecule has 1 amide bonds. The van der Waals surface area contributed by atoms with Crippen molar-refractivity contribution in [2.24, 2.45) is 7.05 Å². The summed E-state index contributed by atoms with van der Waals surface area (Å²) in [6.45, 7) is 2.37. The number of amides is 1. The predicted octanol–water partition coefficient (Wildman–Crippen LogP) is -0.111. The van der Waals surface area contributed by atoms with Gasteiger partial charge in [0.15, 0.2) is 0 Å². The van der Waals surface area contributed by atoms with Gasteiger partial charge in [0.1, 0.15) is 11.4 Å². The highest BCUT2D eigenvalue weighted by Crippen LogP contribution is 2.08. The molecule has 0 bridgehead atoms. The predicted molar refractivity (Wildman–Crippen MR) is 68.1 cm³/mol. The lowest BCUT2D eigenvalue weighted by Crippen LogP contribution is -2.27. The monoisotopic (exact) mass is 258 g/mol. The van der Waals surface area contributed by atoms with E-state index in [-0.39, 0.29) is 11.2 Å². The second-order valence-electron chi connectivity index (χ2n) is 3.92. The number of aryl methyl sites for hydroxylation is 1. The normalized spacial score (nSPS) is 14.3. The highest BCUT2D eigenvalue weighted by Gasteiger charge is 2.13. The number of carbonyl (C=O) groups excluding carboxylic acids is 1. The van der Waals surface area contributed by atoms with Crippen LogP contribution in [-0.2, 0) is 17.8 Å². The Labute approximate surface area is 103 Å². The maximum absolute atomic E-state index is 11.7. The van der Waals surface area contributed by atoms with Gasteiger partial charge in [-0.3, -0.25) is 13.7 Å². The maximum atomic E-state index is 11.7. The molecule has 0 saturated heterocycles. The fraction of sp³-hybridized carbons (Fsp3) is 0.600. The van der Waals surface area contributed by atoms with Gasteiger partial charge in [-0.1, -0.05) is 6.92 Å². The van der Waals surface area contributed by atoms with Gasteiger partial charge in [-0.25, -0.2) is 0 Å². The number of aromatic nitrogens is 2. The first-order valence-corrected chi connectivity index (χ1v) is 6.93. The van der Waals surface area contributed by atoms with Crippen LogP contribution in [0, 0.1) is 0 Å². The van der Waals surface area contributed by atoms with E-state index >= 15 is 0 Å². The number of hydrogen-bond donors (Lipinski definition) is 2. The number of nitrogens with one attached hydrogen (secondary N) is 1. The van der Waals surface area contributed by atoms with Gasteiger partial charge in [-0.05, 0) is 6.42 Å². The number of nitrogens with zero attached hydrogens (tertiary/aromatic N) is 2. The number of anilines is 1. The van der Waals surface area contributed by atoms with Crippen molar-refractivity contribution in [1.82, 2.24) is 15.1 Å². The minimum absolute atomic E-state index is 0.0709. The Kier molecular flexibility index (Phi) is 4.68. The molecule has 0 saturated carbocycles. The number of nitrogens with two attached hydrogens (primary N) is 1. The van der Waals surface area contributed by atoms with Gasteiger partial charge >= 0.3 is 0 Å². The Hall–Kier alpha value is -1.37. The molecule has 2 unspecified atom stereocenters. The molecule has 17 heavy (non-hydrogen) atoms. The molecule has 7 heteroatoms. The summed E-state index contributed by atoms with van der Waals surface area (Å²) >= 11 is 0. The van der Waals surface area contributed by atoms with Crippen molar-refractivity contribution < 1.29 is 9.00 Å². The van der Waals surface area contributed by atoms with Crippen LogP contribution in [0.3, 0.4) is 0 Å². The lowest BCUT2D eigenvalue weighted by Gasteiger charge is -2.08. The molecule has 0 aliphatic rings. The van der Waals surface area contributed by atoms with Crippen LogP contribution in [0.1, 0.15) is 23.7 Å². The van der Waals surface area contributed by atoms with E-state index in [1.807, 2.05) is 6.92 Å². The lowest BCUT2D eigenvalue weighted by molar-refractivity contribution is 0.0954. The van der Waals surface area contributed by atoms with Crippen LogP contribution in [0.5, 0.6) is 0 Å². The Bertz CT molecular complexity index is 430. The van der Waals surface area contributed by atoms with Crippen molar-refractivity contribution in [2.45, 2.75) is 18.6 Å². The van der Waals surface area contributed by atoms with Crippen molar-refractivity contribution in [3.8, 4) is 0 Å². The van der Waals surface area contributed by atoms with Crippen molar-refractivity contribution in [3.05, 3.63) is 11.8 Å². The van der Waals surface area contributed by atoms with Gasteiger partial charge in [0, 0.05) is 35.9 Å². The second-order valence-corrected chi connectivity index (χ2v) is 5.72. The minimum atomic E-state index is -0.862. The number of hydrogen-bond acceptors (Lipinski definition) is 4. The molecule has 2 atom stereocenters. The Balaban J connectivity index is 2.46. The van der Waals surface area contributed by atoms with Crippen molar-refractivity contribution in [2.75, 3.05) is 18.5 Å². The maximum Gasteiger partial charge on any atom is 0.256 e. The average molecular weight is 258 g/mol. The lowest BCUT2D eigenvalue weighted by atomic mass is 10.3. The van der Waals surface area contributed by atoms with Crippen LogP contribution in [0.2, 0.25) is 0 Å². The van der Waals surface area contributed by atoms with E-state index in [4.69, 9.17) is 5.73 Å². The minimum Gasteiger partial charge on any atom is -0.383 e. The third-order valence-corrected chi connectivity index (χ3v) is 4.00. The summed E-state index contributed by atoms with van der Waals surface area (Å²) in [7, 11) is 0.813. The molecule has 0 spiro atoms. The molecule has 1 aromatic rings. The fourth-order valence-corrected chi connectivity index (χ4v) is 1.72. The first kappa shape index (κ1) is 13.7. The van der Waals surface area contributed by atoms with Crippen LogP contribution >= 0.6 is 0 Å². The summed E-state index contributed by atoms with van der Waals surface area (Å²) in [5, 5.41) is 6.69. The van der Waals surface area contributed by atoms with Gasteiger partial charge in [0.05, 0.1) is 6.20 Å². The van der Waals surface area contributed by atoms with E-state index in [0.717, 1.165) is 0 Å². The Morgan fingerprint density at radius 2 is 2.35 bits per heavy atom. The quantitative estimate of drug-likeness (QED) is 0.771. The van der Waals surface area contributed by atoms with Crippen LogP contribution in [0.4, 0.5) is 5.82 Å². The second kappa shape index (κ2) is 5.81. The van der Waals surface area contributed by atoms with E-state index in [2.05, 4.69) is 10.4 Å². The van der Waals surface area contributed by atoms with Gasteiger partial charge in [-0.2, -0.15) is 5.10 Å². The van der Waals surface area contributed by atoms with E-state index in [0.29, 0.717) is 24.3 Å². The van der Waals surface area contributed by atoms with Gasteiger partial charge in [0.2, 0.25) is 0 Å². The summed E-state index contributed by atoms with van der Waals surface area (Å²) in [4.78, 5) is 11.7. The zero-order chi connectivity index (χ0) is 13.0. The van der Waals surface area contributed by atoms with Gasteiger partial charge in [-0.15, -0.1) is 0 Å². The van der Waals surface area contributed by atoms with Crippen LogP contribution in [0.25, 0.3) is 0 Å². The number of rotatable bonds is 5. The summed E-state index contributed by atoms with van der Waals surface area (Å²) in [6, 6.07) is 0. The zero-order valence-electron chi connectivity index (χ0n) is 10.3. The van der Waals surface area contributed by atoms with Crippen LogP contribution < -0.4 is 11.1 Å². The molecule has 0 radical (unpaired) electrons. The molecule has 3 N–H and O–H groups in total. The topological polar surface area (TPSA) is 90.0 Å². The largest absolute Gasteiger partial charge is 0.383 e. The molecule has 0 aromatic carbocycles. The zero-order valence-corrected chi connectivity index (χ0v) is 11.1. The molecule has 1 rings (SSSR count). The molecule has 96 valence electrons. The first-order valence-electron chi connectivity index (χ1n) is 5.31. The summed E-state index contributed by atoms with van der Waals surface area (Å²) < 4.78 is 12.6. The molecule has 0 fully saturated rings. The fourth-order valence-electron chi connectivity index (χ4n) is 1.27. The molecular formula is C10H18N4O2S. The highest BCUT2D eigenvalue weighted by molar-refractivity contribution is 7.84. The van der Waals surface area contributed by atoms with Crippen molar-refractivity contribution in [3.63, 3.8) is 0 Å². The van der Waals surface area contributed by atoms with Crippen molar-refractivity contribution in [1.29, 1.82) is 0 Å². The molecule has 0 aliphatic heterocycles. The Morgan fingerprint density at radius 1 is 1.71 bits per heavy atom. The molecule has 1 aromatic heterocycles. The SMILES string of the molecule is CC(CCNC(=O)c1cnn(C)c1N)S(C)=O. The van der Waals surface area contributed by atoms with Gasteiger partial charge in [0.25, 0.3) is 5.91 Å². The standard InChI is InChI=1S/C10H18N4O2S/c1-7(17(3)16)4-5-12-10(15)8-6-13-14(2)9(8)11/h6-7H,4-5,11H2,1-3H3,(H,12,15). The van der Waals surface area contributed by atoms with Crippen LogP contribution in [0.15, 0.2) is 6.20 Å². The van der Waals surface area contributed by atoms with Crippen LogP contribution in [-0.4, -0.2) is 37.9 Å². The molecule has 0 aliphatic carbocycles. The third kappa shape index (κ3) is 3.55. The van der Waals surface area contributed by atoms with E-state index in [1.54, 1.807) is 13.3 Å². The molecular weight excluding hydrogens is 240 g/mol. The average Bonchev–Trinajstić information content (AvgIpc) is 2.59. The first-order chi connectivity index (χ1) is 7.93. The van der Waals surface area contributed by atoms with Crippen molar-refractivity contribution >= 4 is 22.5 Å². The number of carbonyl (C=O) groups is 1. The summed E-state index contributed by atoms with van der Waals surface area (Å²) in [6.07, 6.45) is 3.77. The molecule has 6 nitrogen and oxygen atoms in total. The van der Waals surface area contributed by atoms with Gasteiger partial charge < -0.3 is 11.1 Å².